The Bertz CT molecular complexity index is 3100. The van der Waals surface area contributed by atoms with Crippen molar-refractivity contribution in [2.45, 2.75) is 196 Å². The molecule has 0 aliphatic carbocycles. The Labute approximate surface area is 485 Å². The third-order valence-corrected chi connectivity index (χ3v) is 17.7. The molecular weight excluding hydrogens is 1030 g/mol. The fraction of sp³-hybridized carbons (Fsp3) is 0.500. The fourth-order valence-corrected chi connectivity index (χ4v) is 13.0. The van der Waals surface area contributed by atoms with Gasteiger partial charge in [0, 0.05) is 36.2 Å². The van der Waals surface area contributed by atoms with Gasteiger partial charge in [0.1, 0.15) is 22.5 Å². The van der Waals surface area contributed by atoms with Crippen LogP contribution < -0.4 is 18.9 Å². The van der Waals surface area contributed by atoms with Crippen molar-refractivity contribution in [3.05, 3.63) is 95.4 Å². The summed E-state index contributed by atoms with van der Waals surface area (Å²) in [5.41, 5.74) is 11.0. The number of aromatic nitrogens is 4. The first-order valence-corrected chi connectivity index (χ1v) is 32.8. The van der Waals surface area contributed by atoms with E-state index < -0.39 is 0 Å². The first-order chi connectivity index (χ1) is 38.9. The smallest absolute Gasteiger partial charge is 0.172 e. The van der Waals surface area contributed by atoms with Crippen molar-refractivity contribution in [2.24, 2.45) is 0 Å². The van der Waals surface area contributed by atoms with E-state index in [1.165, 1.54) is 132 Å². The zero-order chi connectivity index (χ0) is 55.0. The summed E-state index contributed by atoms with van der Waals surface area (Å²) in [5, 5.41) is 0. The molecule has 8 aromatic rings. The quantitative estimate of drug-likeness (QED) is 0.0356. The van der Waals surface area contributed by atoms with Gasteiger partial charge in [-0.25, -0.2) is 9.97 Å². The van der Waals surface area contributed by atoms with Gasteiger partial charge in [0.25, 0.3) is 0 Å². The van der Waals surface area contributed by atoms with E-state index in [4.69, 9.17) is 37.7 Å². The second-order valence-electron chi connectivity index (χ2n) is 21.5. The molecule has 0 bridgehead atoms. The van der Waals surface area contributed by atoms with Crippen molar-refractivity contribution in [3.8, 4) is 76.8 Å². The van der Waals surface area contributed by atoms with Gasteiger partial charge < -0.3 is 18.9 Å². The van der Waals surface area contributed by atoms with Gasteiger partial charge in [0.2, 0.25) is 0 Å². The summed E-state index contributed by atoms with van der Waals surface area (Å²) in [6.07, 6.45) is 28.8. The van der Waals surface area contributed by atoms with Gasteiger partial charge >= 0.3 is 0 Å². The average Bonchev–Trinajstić information content (AvgIpc) is 4.28. The number of hydrogen-bond donors (Lipinski definition) is 0. The van der Waals surface area contributed by atoms with Gasteiger partial charge in [-0.05, 0) is 93.6 Å². The molecule has 8 rings (SSSR count). The first-order valence-electron chi connectivity index (χ1n) is 30.4. The van der Waals surface area contributed by atoms with E-state index in [1.54, 1.807) is 22.7 Å². The zero-order valence-corrected chi connectivity index (χ0v) is 51.0. The van der Waals surface area contributed by atoms with Crippen LogP contribution in [0.5, 0.6) is 23.0 Å². The summed E-state index contributed by atoms with van der Waals surface area (Å²) in [4.78, 5) is 15.8. The van der Waals surface area contributed by atoms with E-state index >= 15 is 0 Å². The predicted octanol–water partition coefficient (Wildman–Crippen LogP) is 21.7. The third-order valence-electron chi connectivity index (χ3n) is 15.0. The van der Waals surface area contributed by atoms with Gasteiger partial charge in [-0.2, -0.15) is 8.75 Å². The summed E-state index contributed by atoms with van der Waals surface area (Å²) < 4.78 is 37.1. The number of rotatable bonds is 37. The average molecular weight is 1120 g/mol. The summed E-state index contributed by atoms with van der Waals surface area (Å²) in [6.45, 7) is 16.0. The Balaban J connectivity index is 1.20. The summed E-state index contributed by atoms with van der Waals surface area (Å²) in [5.74, 6) is 3.24. The number of hydrogen-bond acceptors (Lipinski definition) is 11. The van der Waals surface area contributed by atoms with Gasteiger partial charge in [0.15, 0.2) is 11.5 Å². The van der Waals surface area contributed by atoms with Crippen LogP contribution in [0.15, 0.2) is 84.9 Å². The Morgan fingerprint density at radius 1 is 0.380 bits per heavy atom. The molecular formula is C68H88N4O4S3. The van der Waals surface area contributed by atoms with Crippen LogP contribution >= 0.6 is 34.4 Å². The highest BCUT2D eigenvalue weighted by atomic mass is 32.1. The minimum absolute atomic E-state index is 0.597. The lowest BCUT2D eigenvalue weighted by Crippen LogP contribution is -2.06. The molecule has 0 saturated heterocycles. The lowest BCUT2D eigenvalue weighted by atomic mass is 10.0. The standard InChI is InChI=1S/C68H88N4O4S3/c1-7-11-15-19-23-27-43-73-53-35-31-33-51(47-53)62-63(52-34-32-36-54(48-52)74-44-28-24-20-16-12-8-2)70-64-55(39-37-49(5)61(64)69-62)56-41-42-58(78-56)60-66-65(71-79-72-66)59(57-40-38-50(6)77-57)67(75-45-29-25-21-17-13-9-3)68(60)76-46-30-26-22-18-14-10-4/h31-42,47-48H,7-30,43-46H2,1-6H3. The molecule has 4 heterocycles. The minimum atomic E-state index is 0.597. The Hall–Kier alpha value is -5.36. The van der Waals surface area contributed by atoms with E-state index in [2.05, 4.69) is 126 Å². The van der Waals surface area contributed by atoms with E-state index in [9.17, 15) is 0 Å². The third kappa shape index (κ3) is 16.6. The highest BCUT2D eigenvalue weighted by Crippen LogP contribution is 2.54. The molecule has 0 radical (unpaired) electrons. The normalized spacial score (nSPS) is 11.6. The second-order valence-corrected chi connectivity index (χ2v) is 24.4. The number of aryl methyl sites for hydroxylation is 2. The van der Waals surface area contributed by atoms with Crippen molar-refractivity contribution in [2.75, 3.05) is 26.4 Å². The molecule has 0 atom stereocenters. The lowest BCUT2D eigenvalue weighted by molar-refractivity contribution is 0.260. The van der Waals surface area contributed by atoms with Crippen LogP contribution in [0.3, 0.4) is 0 Å². The summed E-state index contributed by atoms with van der Waals surface area (Å²) >= 11 is 4.77. The maximum Gasteiger partial charge on any atom is 0.172 e. The minimum Gasteiger partial charge on any atom is -0.494 e. The van der Waals surface area contributed by atoms with Crippen LogP contribution in [0.25, 0.3) is 75.9 Å². The molecule has 0 saturated carbocycles. The maximum absolute atomic E-state index is 7.10. The Morgan fingerprint density at radius 3 is 1.27 bits per heavy atom. The van der Waals surface area contributed by atoms with Crippen LogP contribution in [0, 0.1) is 13.8 Å². The van der Waals surface area contributed by atoms with Crippen LogP contribution in [0.2, 0.25) is 0 Å². The number of fused-ring (bicyclic) bond motifs is 2. The second kappa shape index (κ2) is 32.2. The molecule has 0 unspecified atom stereocenters. The van der Waals surface area contributed by atoms with Gasteiger partial charge in [-0.1, -0.05) is 193 Å². The summed E-state index contributed by atoms with van der Waals surface area (Å²) in [7, 11) is 0. The summed E-state index contributed by atoms with van der Waals surface area (Å²) in [6, 6.07) is 30.1. The van der Waals surface area contributed by atoms with Crippen molar-refractivity contribution >= 4 is 56.5 Å². The Kier molecular flexibility index (Phi) is 24.3. The fourth-order valence-electron chi connectivity index (χ4n) is 10.5. The number of nitrogens with zero attached hydrogens (tertiary/aromatic N) is 4. The maximum atomic E-state index is 7.10. The number of benzene rings is 4. The molecule has 4 aromatic heterocycles. The van der Waals surface area contributed by atoms with Crippen LogP contribution in [0.1, 0.15) is 192 Å². The molecule has 4 aromatic carbocycles. The SMILES string of the molecule is CCCCCCCCOc1cccc(-c2nc3c(C)ccc(-c4ccc(-c5c(OCCCCCCCC)c(OCCCCCCCC)c(-c6ccc(C)s6)c6nsnc56)s4)c3nc2-c2cccc(OCCCCCCCC)c2)c1. The monoisotopic (exact) mass is 1120 g/mol. The Morgan fingerprint density at radius 2 is 0.797 bits per heavy atom. The van der Waals surface area contributed by atoms with Crippen molar-refractivity contribution in [1.29, 1.82) is 0 Å². The van der Waals surface area contributed by atoms with Crippen molar-refractivity contribution in [3.63, 3.8) is 0 Å². The first kappa shape index (κ1) is 59.8. The molecule has 0 spiro atoms. The molecule has 422 valence electrons. The zero-order valence-electron chi connectivity index (χ0n) is 48.5. The molecule has 0 fully saturated rings. The molecule has 0 aliphatic heterocycles. The topological polar surface area (TPSA) is 88.5 Å². The molecule has 0 amide bonds. The number of unbranched alkanes of at least 4 members (excludes halogenated alkanes) is 20. The highest BCUT2D eigenvalue weighted by molar-refractivity contribution is 7.19. The van der Waals surface area contributed by atoms with Crippen LogP contribution in [-0.2, 0) is 0 Å². The largest absolute Gasteiger partial charge is 0.494 e. The molecule has 79 heavy (non-hydrogen) atoms. The van der Waals surface area contributed by atoms with Crippen LogP contribution in [-0.4, -0.2) is 45.1 Å². The highest BCUT2D eigenvalue weighted by Gasteiger charge is 2.29. The van der Waals surface area contributed by atoms with Crippen LogP contribution in [0.4, 0.5) is 0 Å². The van der Waals surface area contributed by atoms with E-state index in [-0.39, 0.29) is 0 Å². The van der Waals surface area contributed by atoms with E-state index in [1.807, 2.05) is 0 Å². The lowest BCUT2D eigenvalue weighted by Gasteiger charge is -2.20. The molecule has 0 N–H and O–H groups in total. The van der Waals surface area contributed by atoms with E-state index in [0.717, 1.165) is 143 Å². The van der Waals surface area contributed by atoms with E-state index in [0.29, 0.717) is 26.4 Å². The van der Waals surface area contributed by atoms with Crippen molar-refractivity contribution in [1.82, 2.24) is 18.7 Å². The molecule has 11 heteroatoms. The molecule has 0 aliphatic rings. The molecule has 8 nitrogen and oxygen atoms in total. The number of ether oxygens (including phenoxy) is 4. The van der Waals surface area contributed by atoms with Gasteiger partial charge in [-0.3, -0.25) is 0 Å². The van der Waals surface area contributed by atoms with Gasteiger partial charge in [-0.15, -0.1) is 22.7 Å². The predicted molar refractivity (Wildman–Crippen MR) is 338 cm³/mol. The van der Waals surface area contributed by atoms with Gasteiger partial charge in [0.05, 0.1) is 71.7 Å². The van der Waals surface area contributed by atoms with Crippen molar-refractivity contribution < 1.29 is 18.9 Å². The number of thiophene rings is 2.